The van der Waals surface area contributed by atoms with Crippen LogP contribution in [0.15, 0.2) is 77.9 Å². The molecule has 0 radical (unpaired) electrons. The third kappa shape index (κ3) is 3.48. The fraction of sp³-hybridized carbons (Fsp3) is 0. The number of H-pyrrole nitrogens is 1. The van der Waals surface area contributed by atoms with E-state index in [2.05, 4.69) is 15.5 Å². The van der Waals surface area contributed by atoms with Gasteiger partial charge in [0.25, 0.3) is 5.91 Å². The van der Waals surface area contributed by atoms with Crippen LogP contribution in [0.5, 0.6) is 5.75 Å². The van der Waals surface area contributed by atoms with E-state index in [4.69, 9.17) is 11.6 Å². The number of amides is 1. The van der Waals surface area contributed by atoms with E-state index in [1.807, 2.05) is 42.5 Å². The van der Waals surface area contributed by atoms with E-state index >= 15 is 0 Å². The molecular formula is C22H16ClN3O2. The molecule has 3 N–H and O–H groups in total. The lowest BCUT2D eigenvalue weighted by Gasteiger charge is -2.04. The number of rotatable bonds is 4. The lowest BCUT2D eigenvalue weighted by atomic mass is 10.0. The molecule has 28 heavy (non-hydrogen) atoms. The second-order valence-corrected chi connectivity index (χ2v) is 6.63. The quantitative estimate of drug-likeness (QED) is 0.341. The third-order valence-electron chi connectivity index (χ3n) is 4.36. The van der Waals surface area contributed by atoms with E-state index < -0.39 is 5.91 Å². The van der Waals surface area contributed by atoms with Crippen LogP contribution in [-0.4, -0.2) is 22.2 Å². The number of para-hydroxylation sites is 1. The Bertz CT molecular complexity index is 1180. The molecule has 0 spiro atoms. The number of aromatic hydroxyl groups is 1. The summed E-state index contributed by atoms with van der Waals surface area (Å²) in [7, 11) is 0. The van der Waals surface area contributed by atoms with Gasteiger partial charge >= 0.3 is 0 Å². The number of nitrogens with one attached hydrogen (secondary N) is 2. The molecule has 0 fully saturated rings. The maximum atomic E-state index is 12.8. The summed E-state index contributed by atoms with van der Waals surface area (Å²) < 4.78 is 0. The molecule has 0 aliphatic heterocycles. The molecule has 0 aliphatic carbocycles. The molecule has 1 heterocycles. The van der Waals surface area contributed by atoms with Crippen LogP contribution in [0.3, 0.4) is 0 Å². The topological polar surface area (TPSA) is 77.5 Å². The number of hydrogen-bond donors (Lipinski definition) is 3. The van der Waals surface area contributed by atoms with Crippen LogP contribution in [0.1, 0.15) is 16.1 Å². The highest BCUT2D eigenvalue weighted by atomic mass is 35.5. The minimum absolute atomic E-state index is 0.0886. The molecule has 5 nitrogen and oxygen atoms in total. The first kappa shape index (κ1) is 17.8. The summed E-state index contributed by atoms with van der Waals surface area (Å²) in [5, 5.41) is 15.2. The standard InChI is InChI=1S/C22H16ClN3O2/c23-16-10-11-18-17(12-16)20(14-6-2-1-3-7-14)21(25-18)22(28)26-24-13-15-8-4-5-9-19(15)27/h1-13,25,27H,(H,26,28). The first-order valence-electron chi connectivity index (χ1n) is 8.61. The Morgan fingerprint density at radius 2 is 1.79 bits per heavy atom. The minimum Gasteiger partial charge on any atom is -0.507 e. The van der Waals surface area contributed by atoms with Crippen LogP contribution in [-0.2, 0) is 0 Å². The number of carbonyl (C=O) groups excluding carboxylic acids is 1. The molecule has 1 aromatic heterocycles. The Labute approximate surface area is 166 Å². The molecule has 0 bridgehead atoms. The highest BCUT2D eigenvalue weighted by Crippen LogP contribution is 2.34. The first-order chi connectivity index (χ1) is 13.6. The van der Waals surface area contributed by atoms with Gasteiger partial charge in [-0.1, -0.05) is 54.1 Å². The molecule has 0 aliphatic rings. The lowest BCUT2D eigenvalue weighted by molar-refractivity contribution is 0.0951. The van der Waals surface area contributed by atoms with Crippen molar-refractivity contribution >= 4 is 34.6 Å². The summed E-state index contributed by atoms with van der Waals surface area (Å²) in [6.45, 7) is 0. The minimum atomic E-state index is -0.391. The van der Waals surface area contributed by atoms with Gasteiger partial charge in [0.15, 0.2) is 0 Å². The summed E-state index contributed by atoms with van der Waals surface area (Å²) >= 11 is 6.17. The third-order valence-corrected chi connectivity index (χ3v) is 4.59. The van der Waals surface area contributed by atoms with E-state index in [0.717, 1.165) is 22.0 Å². The zero-order chi connectivity index (χ0) is 19.5. The highest BCUT2D eigenvalue weighted by molar-refractivity contribution is 6.31. The Balaban J connectivity index is 1.72. The Hall–Kier alpha value is -3.57. The maximum absolute atomic E-state index is 12.8. The maximum Gasteiger partial charge on any atom is 0.288 e. The molecule has 6 heteroatoms. The van der Waals surface area contributed by atoms with E-state index in [0.29, 0.717) is 16.3 Å². The van der Waals surface area contributed by atoms with Crippen LogP contribution in [0.25, 0.3) is 22.0 Å². The van der Waals surface area contributed by atoms with Gasteiger partial charge in [-0.25, -0.2) is 5.43 Å². The number of phenolic OH excluding ortho intramolecular Hbond substituents is 1. The van der Waals surface area contributed by atoms with E-state index in [1.54, 1.807) is 30.3 Å². The normalized spacial score (nSPS) is 11.2. The van der Waals surface area contributed by atoms with Crippen LogP contribution < -0.4 is 5.43 Å². The zero-order valence-corrected chi connectivity index (χ0v) is 15.4. The number of aromatic nitrogens is 1. The van der Waals surface area contributed by atoms with Gasteiger partial charge in [-0.3, -0.25) is 4.79 Å². The van der Waals surface area contributed by atoms with Crippen molar-refractivity contribution in [1.29, 1.82) is 0 Å². The molecule has 1 amide bonds. The first-order valence-corrected chi connectivity index (χ1v) is 8.99. The van der Waals surface area contributed by atoms with Gasteiger partial charge in [-0.05, 0) is 35.9 Å². The average molecular weight is 390 g/mol. The van der Waals surface area contributed by atoms with Crippen molar-refractivity contribution in [2.45, 2.75) is 0 Å². The van der Waals surface area contributed by atoms with Gasteiger partial charge in [0, 0.05) is 27.1 Å². The van der Waals surface area contributed by atoms with Crippen LogP contribution in [0.2, 0.25) is 5.02 Å². The number of hydrazone groups is 1. The van der Waals surface area contributed by atoms with Gasteiger partial charge in [0.1, 0.15) is 11.4 Å². The summed E-state index contributed by atoms with van der Waals surface area (Å²) in [4.78, 5) is 16.0. The molecule has 0 saturated heterocycles. The van der Waals surface area contributed by atoms with E-state index in [9.17, 15) is 9.90 Å². The fourth-order valence-corrected chi connectivity index (χ4v) is 3.22. The molecule has 0 saturated carbocycles. The summed E-state index contributed by atoms with van der Waals surface area (Å²) in [5.74, 6) is -0.302. The van der Waals surface area contributed by atoms with Gasteiger partial charge in [0.2, 0.25) is 0 Å². The highest BCUT2D eigenvalue weighted by Gasteiger charge is 2.19. The van der Waals surface area contributed by atoms with E-state index in [-0.39, 0.29) is 5.75 Å². The van der Waals surface area contributed by atoms with Gasteiger partial charge in [0.05, 0.1) is 6.21 Å². The molecular weight excluding hydrogens is 374 g/mol. The SMILES string of the molecule is O=C(NN=Cc1ccccc1O)c1[nH]c2ccc(Cl)cc2c1-c1ccccc1. The van der Waals surface area contributed by atoms with Gasteiger partial charge in [-0.15, -0.1) is 0 Å². The molecule has 3 aromatic carbocycles. The summed E-state index contributed by atoms with van der Waals surface area (Å²) in [6.07, 6.45) is 1.40. The number of benzene rings is 3. The number of hydrogen-bond acceptors (Lipinski definition) is 3. The summed E-state index contributed by atoms with van der Waals surface area (Å²) in [6, 6.07) is 21.8. The largest absolute Gasteiger partial charge is 0.507 e. The van der Waals surface area contributed by atoms with Crippen LogP contribution >= 0.6 is 11.6 Å². The monoisotopic (exact) mass is 389 g/mol. The van der Waals surface area contributed by atoms with Crippen molar-refractivity contribution in [1.82, 2.24) is 10.4 Å². The molecule has 4 aromatic rings. The lowest BCUT2D eigenvalue weighted by Crippen LogP contribution is -2.18. The fourth-order valence-electron chi connectivity index (χ4n) is 3.05. The van der Waals surface area contributed by atoms with Crippen molar-refractivity contribution in [3.05, 3.63) is 89.1 Å². The number of phenols is 1. The Kier molecular flexibility index (Phi) is 4.83. The van der Waals surface area contributed by atoms with Crippen molar-refractivity contribution in [3.63, 3.8) is 0 Å². The summed E-state index contributed by atoms with van der Waals surface area (Å²) in [5.41, 5.74) is 5.87. The van der Waals surface area contributed by atoms with Crippen molar-refractivity contribution in [2.75, 3.05) is 0 Å². The predicted octanol–water partition coefficient (Wildman–Crippen LogP) is 4.96. The second kappa shape index (κ2) is 7.58. The number of halogens is 1. The van der Waals surface area contributed by atoms with Crippen molar-refractivity contribution < 1.29 is 9.90 Å². The van der Waals surface area contributed by atoms with Crippen molar-refractivity contribution in [3.8, 4) is 16.9 Å². The Morgan fingerprint density at radius 3 is 2.57 bits per heavy atom. The predicted molar refractivity (Wildman–Crippen MR) is 112 cm³/mol. The number of carbonyl (C=O) groups is 1. The van der Waals surface area contributed by atoms with Gasteiger partial charge in [-0.2, -0.15) is 5.10 Å². The molecule has 4 rings (SSSR count). The molecule has 138 valence electrons. The van der Waals surface area contributed by atoms with E-state index in [1.165, 1.54) is 6.21 Å². The van der Waals surface area contributed by atoms with Crippen molar-refractivity contribution in [2.24, 2.45) is 5.10 Å². The average Bonchev–Trinajstić information content (AvgIpc) is 3.08. The molecule has 0 atom stereocenters. The number of aromatic amines is 1. The smallest absolute Gasteiger partial charge is 0.288 e. The number of nitrogens with zero attached hydrogens (tertiary/aromatic N) is 1. The molecule has 0 unspecified atom stereocenters. The Morgan fingerprint density at radius 1 is 1.04 bits per heavy atom. The van der Waals surface area contributed by atoms with Crippen LogP contribution in [0.4, 0.5) is 0 Å². The second-order valence-electron chi connectivity index (χ2n) is 6.19. The number of fused-ring (bicyclic) bond motifs is 1. The zero-order valence-electron chi connectivity index (χ0n) is 14.7. The van der Waals surface area contributed by atoms with Crippen LogP contribution in [0, 0.1) is 0 Å². The van der Waals surface area contributed by atoms with Gasteiger partial charge < -0.3 is 10.1 Å².